The van der Waals surface area contributed by atoms with Gasteiger partial charge in [0.05, 0.1) is 6.61 Å². The van der Waals surface area contributed by atoms with Crippen molar-refractivity contribution in [1.29, 1.82) is 0 Å². The van der Waals surface area contributed by atoms with Gasteiger partial charge in [-0.15, -0.1) is 0 Å². The van der Waals surface area contributed by atoms with Crippen LogP contribution in [0.25, 0.3) is 0 Å². The van der Waals surface area contributed by atoms with Gasteiger partial charge in [-0.05, 0) is 31.9 Å². The Morgan fingerprint density at radius 1 is 1.48 bits per heavy atom. The maximum atomic E-state index is 12.2. The number of likely N-dealkylation sites (tertiary alicyclic amines) is 1. The van der Waals surface area contributed by atoms with Gasteiger partial charge in [-0.3, -0.25) is 5.32 Å². The van der Waals surface area contributed by atoms with Crippen LogP contribution in [0.4, 0.5) is 15.4 Å². The largest absolute Gasteiger partial charge is 0.450 e. The van der Waals surface area contributed by atoms with E-state index >= 15 is 0 Å². The Labute approximate surface area is 123 Å². The van der Waals surface area contributed by atoms with E-state index in [1.54, 1.807) is 30.2 Å². The fraction of sp³-hybridized carbons (Fsp3) is 0.500. The summed E-state index contributed by atoms with van der Waals surface area (Å²) in [5.74, 6) is 0.517. The molecule has 0 aromatic carbocycles. The fourth-order valence-corrected chi connectivity index (χ4v) is 2.24. The molecule has 1 atom stereocenters. The summed E-state index contributed by atoms with van der Waals surface area (Å²) in [7, 11) is 0. The quantitative estimate of drug-likeness (QED) is 0.890. The zero-order valence-corrected chi connectivity index (χ0v) is 12.0. The number of alkyl carbamates (subject to hydrolysis) is 1. The number of anilines is 1. The zero-order valence-electron chi connectivity index (χ0n) is 12.0. The van der Waals surface area contributed by atoms with Crippen LogP contribution in [0.1, 0.15) is 19.8 Å². The molecule has 0 saturated carbocycles. The lowest BCUT2D eigenvalue weighted by atomic mass is 10.1. The number of piperidine rings is 1. The Morgan fingerprint density at radius 2 is 2.33 bits per heavy atom. The van der Waals surface area contributed by atoms with Crippen molar-refractivity contribution in [3.8, 4) is 0 Å². The molecule has 0 aliphatic carbocycles. The van der Waals surface area contributed by atoms with E-state index in [0.29, 0.717) is 25.5 Å². The Balaban J connectivity index is 1.85. The van der Waals surface area contributed by atoms with E-state index in [1.807, 2.05) is 6.07 Å². The molecule has 2 rings (SSSR count). The Bertz CT molecular complexity index is 480. The van der Waals surface area contributed by atoms with Crippen LogP contribution in [0, 0.1) is 0 Å². The smallest absolute Gasteiger partial charge is 0.407 e. The van der Waals surface area contributed by atoms with E-state index in [2.05, 4.69) is 15.6 Å². The molecule has 1 aliphatic heterocycles. The van der Waals surface area contributed by atoms with Crippen molar-refractivity contribution >= 4 is 17.9 Å². The van der Waals surface area contributed by atoms with Crippen LogP contribution in [0.5, 0.6) is 0 Å². The van der Waals surface area contributed by atoms with Gasteiger partial charge in [-0.2, -0.15) is 0 Å². The number of hydrogen-bond donors (Lipinski definition) is 2. The molecule has 0 bridgehead atoms. The summed E-state index contributed by atoms with van der Waals surface area (Å²) in [4.78, 5) is 29.3. The van der Waals surface area contributed by atoms with Gasteiger partial charge in [-0.1, -0.05) is 6.07 Å². The minimum absolute atomic E-state index is 0.0766. The SMILES string of the molecule is CCOC(=O)N[C@H]1CCCN(C(=O)Nc2ccccn2)C1. The number of carbonyl (C=O) groups excluding carboxylic acids is 2. The second kappa shape index (κ2) is 7.47. The van der Waals surface area contributed by atoms with Crippen molar-refractivity contribution < 1.29 is 14.3 Å². The number of aromatic nitrogens is 1. The summed E-state index contributed by atoms with van der Waals surface area (Å²) in [6, 6.07) is 5.05. The highest BCUT2D eigenvalue weighted by atomic mass is 16.5. The lowest BCUT2D eigenvalue weighted by Crippen LogP contribution is -2.50. The van der Waals surface area contributed by atoms with Crippen LogP contribution in [-0.4, -0.2) is 47.7 Å². The molecular weight excluding hydrogens is 272 g/mol. The summed E-state index contributed by atoms with van der Waals surface area (Å²) in [5, 5.41) is 5.51. The van der Waals surface area contributed by atoms with Crippen molar-refractivity contribution in [2.45, 2.75) is 25.8 Å². The lowest BCUT2D eigenvalue weighted by molar-refractivity contribution is 0.137. The molecule has 0 radical (unpaired) electrons. The highest BCUT2D eigenvalue weighted by Crippen LogP contribution is 2.12. The first-order valence-electron chi connectivity index (χ1n) is 7.09. The molecule has 0 unspecified atom stereocenters. The second-order valence-corrected chi connectivity index (χ2v) is 4.80. The average Bonchev–Trinajstić information content (AvgIpc) is 2.48. The molecule has 1 aliphatic rings. The molecule has 1 saturated heterocycles. The molecule has 114 valence electrons. The Morgan fingerprint density at radius 3 is 3.05 bits per heavy atom. The molecule has 0 spiro atoms. The number of amides is 3. The highest BCUT2D eigenvalue weighted by Gasteiger charge is 2.25. The predicted octanol–water partition coefficient (Wildman–Crippen LogP) is 1.82. The zero-order chi connectivity index (χ0) is 15.1. The summed E-state index contributed by atoms with van der Waals surface area (Å²) >= 11 is 0. The monoisotopic (exact) mass is 292 g/mol. The van der Waals surface area contributed by atoms with E-state index in [-0.39, 0.29) is 12.1 Å². The van der Waals surface area contributed by atoms with Crippen molar-refractivity contribution in [1.82, 2.24) is 15.2 Å². The lowest BCUT2D eigenvalue weighted by Gasteiger charge is -2.32. The van der Waals surface area contributed by atoms with Crippen molar-refractivity contribution in [3.63, 3.8) is 0 Å². The third kappa shape index (κ3) is 4.62. The van der Waals surface area contributed by atoms with E-state index in [9.17, 15) is 9.59 Å². The van der Waals surface area contributed by atoms with Crippen LogP contribution < -0.4 is 10.6 Å². The van der Waals surface area contributed by atoms with Gasteiger partial charge in [-0.25, -0.2) is 14.6 Å². The van der Waals surface area contributed by atoms with Gasteiger partial charge >= 0.3 is 12.1 Å². The molecule has 1 fully saturated rings. The Hall–Kier alpha value is -2.31. The molecule has 1 aromatic heterocycles. The molecule has 7 heteroatoms. The first-order valence-corrected chi connectivity index (χ1v) is 7.09. The second-order valence-electron chi connectivity index (χ2n) is 4.80. The Kier molecular flexibility index (Phi) is 5.36. The van der Waals surface area contributed by atoms with E-state index in [4.69, 9.17) is 4.74 Å². The molecular formula is C14H20N4O3. The third-order valence-electron chi connectivity index (χ3n) is 3.21. The summed E-state index contributed by atoms with van der Waals surface area (Å²) in [6.45, 7) is 3.23. The summed E-state index contributed by atoms with van der Waals surface area (Å²) in [5.41, 5.74) is 0. The van der Waals surface area contributed by atoms with Crippen LogP contribution in [-0.2, 0) is 4.74 Å². The number of ether oxygens (including phenoxy) is 1. The van der Waals surface area contributed by atoms with Crippen LogP contribution >= 0.6 is 0 Å². The summed E-state index contributed by atoms with van der Waals surface area (Å²) < 4.78 is 4.86. The molecule has 2 N–H and O–H groups in total. The summed E-state index contributed by atoms with van der Waals surface area (Å²) in [6.07, 6.45) is 2.87. The van der Waals surface area contributed by atoms with Gasteiger partial charge in [0.2, 0.25) is 0 Å². The number of hydrogen-bond acceptors (Lipinski definition) is 4. The normalized spacial score (nSPS) is 18.0. The average molecular weight is 292 g/mol. The standard InChI is InChI=1S/C14H20N4O3/c1-2-21-14(20)16-11-6-5-9-18(10-11)13(19)17-12-7-3-4-8-15-12/h3-4,7-8,11H,2,5-6,9-10H2,1H3,(H,16,20)(H,15,17,19)/t11-/m0/s1. The first-order chi connectivity index (χ1) is 10.2. The number of nitrogens with one attached hydrogen (secondary N) is 2. The minimum Gasteiger partial charge on any atom is -0.450 e. The van der Waals surface area contributed by atoms with Gasteiger partial charge in [0.1, 0.15) is 5.82 Å². The van der Waals surface area contributed by atoms with Gasteiger partial charge in [0.25, 0.3) is 0 Å². The topological polar surface area (TPSA) is 83.6 Å². The molecule has 7 nitrogen and oxygen atoms in total. The number of carbonyl (C=O) groups is 2. The van der Waals surface area contributed by atoms with Crippen LogP contribution in [0.15, 0.2) is 24.4 Å². The van der Waals surface area contributed by atoms with Crippen molar-refractivity contribution in [2.24, 2.45) is 0 Å². The van der Waals surface area contributed by atoms with E-state index < -0.39 is 6.09 Å². The number of urea groups is 1. The van der Waals surface area contributed by atoms with Gasteiger partial charge in [0.15, 0.2) is 0 Å². The van der Waals surface area contributed by atoms with Gasteiger partial charge < -0.3 is 15.0 Å². The molecule has 3 amide bonds. The van der Waals surface area contributed by atoms with E-state index in [0.717, 1.165) is 12.8 Å². The minimum atomic E-state index is -0.436. The number of pyridine rings is 1. The number of nitrogens with zero attached hydrogens (tertiary/aromatic N) is 2. The molecule has 21 heavy (non-hydrogen) atoms. The number of rotatable bonds is 3. The van der Waals surface area contributed by atoms with Gasteiger partial charge in [0, 0.05) is 25.3 Å². The van der Waals surface area contributed by atoms with E-state index in [1.165, 1.54) is 0 Å². The van der Waals surface area contributed by atoms with Crippen LogP contribution in [0.2, 0.25) is 0 Å². The third-order valence-corrected chi connectivity index (χ3v) is 3.21. The maximum absolute atomic E-state index is 12.2. The van der Waals surface area contributed by atoms with Crippen molar-refractivity contribution in [3.05, 3.63) is 24.4 Å². The molecule has 1 aromatic rings. The van der Waals surface area contributed by atoms with Crippen LogP contribution in [0.3, 0.4) is 0 Å². The maximum Gasteiger partial charge on any atom is 0.407 e. The fourth-order valence-electron chi connectivity index (χ4n) is 2.24. The molecule has 2 heterocycles. The predicted molar refractivity (Wildman–Crippen MR) is 78.0 cm³/mol. The first kappa shape index (κ1) is 15.1. The van der Waals surface area contributed by atoms with Crippen molar-refractivity contribution in [2.75, 3.05) is 25.0 Å². The highest BCUT2D eigenvalue weighted by molar-refractivity contribution is 5.88.